The number of aliphatic hydroxyl groups is 2. The lowest BCUT2D eigenvalue weighted by Gasteiger charge is -2.20. The Bertz CT molecular complexity index is 1210. The molecule has 0 bridgehead atoms. The lowest BCUT2D eigenvalue weighted by Crippen LogP contribution is -2.29. The number of allylic oxidation sites excluding steroid dienone is 5. The molecule has 1 unspecified atom stereocenters. The van der Waals surface area contributed by atoms with Crippen LogP contribution in [0.15, 0.2) is 36.5 Å². The van der Waals surface area contributed by atoms with Crippen molar-refractivity contribution in [3.63, 3.8) is 0 Å². The minimum Gasteiger partial charge on any atom is -0.462 e. The molecular formula is C45H80NO11P. The first kappa shape index (κ1) is 53.8. The first-order valence-electron chi connectivity index (χ1n) is 22.6. The van der Waals surface area contributed by atoms with Crippen molar-refractivity contribution in [2.24, 2.45) is 17.6 Å². The summed E-state index contributed by atoms with van der Waals surface area (Å²) in [5, 5.41) is 20.8. The van der Waals surface area contributed by atoms with Crippen LogP contribution < -0.4 is 5.73 Å². The number of ketones is 1. The van der Waals surface area contributed by atoms with Gasteiger partial charge in [-0.3, -0.25) is 23.4 Å². The highest BCUT2D eigenvalue weighted by Gasteiger charge is 2.39. The minimum atomic E-state index is -4.45. The fourth-order valence-electron chi connectivity index (χ4n) is 6.98. The van der Waals surface area contributed by atoms with Gasteiger partial charge >= 0.3 is 19.8 Å². The number of phosphoric acid groups is 1. The average Bonchev–Trinajstić information content (AvgIpc) is 3.47. The van der Waals surface area contributed by atoms with Gasteiger partial charge in [-0.25, -0.2) is 4.57 Å². The number of nitrogens with two attached hydrogens (primary N) is 1. The van der Waals surface area contributed by atoms with Crippen molar-refractivity contribution < 1.29 is 52.6 Å². The summed E-state index contributed by atoms with van der Waals surface area (Å²) in [6.45, 7) is 3.32. The van der Waals surface area contributed by atoms with E-state index in [1.165, 1.54) is 44.9 Å². The standard InChI is InChI=1S/C45H80NO11P/c1-3-5-7-8-9-10-11-12-13-14-15-16-17-18-19-20-25-29-44(50)54-36-39(37-56-58(52,53)55-34-33-46)57-45(51)30-26-22-21-24-28-40-41(43(49)35-42(40)48)32-31-38(47)27-23-6-4-2/h9-10,12-13,31-32,38-42,47-48H,3-8,11,14-30,33-37,46H2,1-2H3,(H,52,53)/b10-9-,13-12-,32-31+/t38-,39+,40+,41+,42-/m0/s1. The number of esters is 2. The van der Waals surface area contributed by atoms with Crippen molar-refractivity contribution in [1.82, 2.24) is 0 Å². The number of aliphatic hydroxyl groups excluding tert-OH is 2. The van der Waals surface area contributed by atoms with Gasteiger partial charge in [0.2, 0.25) is 0 Å². The van der Waals surface area contributed by atoms with E-state index < -0.39 is 50.6 Å². The zero-order chi connectivity index (χ0) is 42.7. The molecule has 0 radical (unpaired) electrons. The molecule has 6 atom stereocenters. The van der Waals surface area contributed by atoms with Crippen molar-refractivity contribution in [3.05, 3.63) is 36.5 Å². The van der Waals surface area contributed by atoms with E-state index in [1.807, 2.05) is 0 Å². The average molecular weight is 842 g/mol. The van der Waals surface area contributed by atoms with E-state index >= 15 is 0 Å². The Labute approximate surface area is 350 Å². The quantitative estimate of drug-likeness (QED) is 0.0200. The van der Waals surface area contributed by atoms with Gasteiger partial charge in [0.05, 0.1) is 25.4 Å². The van der Waals surface area contributed by atoms with Gasteiger partial charge in [-0.1, -0.05) is 134 Å². The molecule has 0 heterocycles. The summed E-state index contributed by atoms with van der Waals surface area (Å²) in [6, 6.07) is 0. The number of carbonyl (C=O) groups is 3. The molecule has 1 rings (SSSR count). The molecule has 1 fully saturated rings. The van der Waals surface area contributed by atoms with Gasteiger partial charge < -0.3 is 30.3 Å². The Morgan fingerprint density at radius 3 is 2.03 bits per heavy atom. The van der Waals surface area contributed by atoms with Crippen LogP contribution >= 0.6 is 7.82 Å². The number of Topliss-reactive ketones (excluding diaryl/α,β-unsaturated/α-hetero) is 1. The van der Waals surface area contributed by atoms with Gasteiger partial charge in [-0.15, -0.1) is 0 Å². The highest BCUT2D eigenvalue weighted by molar-refractivity contribution is 7.47. The molecule has 5 N–H and O–H groups in total. The van der Waals surface area contributed by atoms with Crippen molar-refractivity contribution >= 4 is 25.5 Å². The third kappa shape index (κ3) is 29.1. The highest BCUT2D eigenvalue weighted by Crippen LogP contribution is 2.43. The highest BCUT2D eigenvalue weighted by atomic mass is 31.2. The summed E-state index contributed by atoms with van der Waals surface area (Å²) in [7, 11) is -4.45. The Morgan fingerprint density at radius 2 is 1.38 bits per heavy atom. The van der Waals surface area contributed by atoms with Gasteiger partial charge in [0, 0.05) is 31.7 Å². The Balaban J connectivity index is 2.36. The second-order valence-electron chi connectivity index (χ2n) is 15.7. The van der Waals surface area contributed by atoms with Crippen molar-refractivity contribution in [3.8, 4) is 0 Å². The van der Waals surface area contributed by atoms with Crippen LogP contribution in [0.1, 0.15) is 174 Å². The predicted octanol–water partition coefficient (Wildman–Crippen LogP) is 9.53. The van der Waals surface area contributed by atoms with Gasteiger partial charge in [0.15, 0.2) is 6.10 Å². The van der Waals surface area contributed by atoms with Crippen molar-refractivity contribution in [2.75, 3.05) is 26.4 Å². The molecule has 1 aliphatic carbocycles. The smallest absolute Gasteiger partial charge is 0.462 e. The molecular weight excluding hydrogens is 761 g/mol. The van der Waals surface area contributed by atoms with Crippen LogP contribution in [0, 0.1) is 11.8 Å². The first-order valence-corrected chi connectivity index (χ1v) is 24.1. The molecule has 336 valence electrons. The first-order chi connectivity index (χ1) is 28.0. The summed E-state index contributed by atoms with van der Waals surface area (Å²) in [4.78, 5) is 47.6. The molecule has 58 heavy (non-hydrogen) atoms. The zero-order valence-electron chi connectivity index (χ0n) is 36.0. The molecule has 0 aliphatic heterocycles. The SMILES string of the molecule is CCCCC/C=C\C/C=C\CCCCCCCCCC(=O)OC[C@H](COP(=O)(O)OCCN)OC(=O)CCCCCC[C@H]1[C@@H](O)CC(=O)[C@@H]1/C=C/[C@@H](O)CCCCC. The number of hydrogen-bond donors (Lipinski definition) is 4. The molecule has 0 aromatic heterocycles. The Morgan fingerprint density at radius 1 is 0.793 bits per heavy atom. The fraction of sp³-hybridized carbons (Fsp3) is 0.800. The molecule has 0 aromatic carbocycles. The maximum absolute atomic E-state index is 12.7. The van der Waals surface area contributed by atoms with Gasteiger partial charge in [0.25, 0.3) is 0 Å². The Kier molecular flexibility index (Phi) is 33.0. The summed E-state index contributed by atoms with van der Waals surface area (Å²) < 4.78 is 32.8. The van der Waals surface area contributed by atoms with E-state index in [-0.39, 0.29) is 50.7 Å². The summed E-state index contributed by atoms with van der Waals surface area (Å²) >= 11 is 0. The number of hydrogen-bond acceptors (Lipinski definition) is 11. The largest absolute Gasteiger partial charge is 0.472 e. The minimum absolute atomic E-state index is 0.00243. The van der Waals surface area contributed by atoms with Gasteiger partial charge in [-0.05, 0) is 63.7 Å². The third-order valence-corrected chi connectivity index (χ3v) is 11.4. The van der Waals surface area contributed by atoms with E-state index in [1.54, 1.807) is 12.2 Å². The van der Waals surface area contributed by atoms with Crippen LogP contribution in [0.25, 0.3) is 0 Å². The molecule has 1 aliphatic rings. The molecule has 0 amide bonds. The van der Waals surface area contributed by atoms with E-state index in [0.717, 1.165) is 64.2 Å². The molecule has 0 spiro atoms. The topological polar surface area (TPSA) is 192 Å². The van der Waals surface area contributed by atoms with Gasteiger partial charge in [-0.2, -0.15) is 0 Å². The second-order valence-corrected chi connectivity index (χ2v) is 17.2. The second kappa shape index (κ2) is 35.6. The van der Waals surface area contributed by atoms with Crippen LogP contribution in [0.5, 0.6) is 0 Å². The maximum atomic E-state index is 12.7. The molecule has 13 heteroatoms. The van der Waals surface area contributed by atoms with Crippen LogP contribution in [-0.4, -0.2) is 77.5 Å². The van der Waals surface area contributed by atoms with E-state index in [4.69, 9.17) is 24.3 Å². The normalized spacial score (nSPS) is 19.3. The number of carbonyl (C=O) groups excluding carboxylic acids is 3. The lowest BCUT2D eigenvalue weighted by atomic mass is 9.88. The summed E-state index contributed by atoms with van der Waals surface area (Å²) in [6.07, 6.45) is 32.1. The summed E-state index contributed by atoms with van der Waals surface area (Å²) in [5.41, 5.74) is 5.35. The van der Waals surface area contributed by atoms with Crippen molar-refractivity contribution in [1.29, 1.82) is 0 Å². The number of ether oxygens (including phenoxy) is 2. The van der Waals surface area contributed by atoms with Crippen LogP contribution in [-0.2, 0) is 37.5 Å². The predicted molar refractivity (Wildman–Crippen MR) is 230 cm³/mol. The fourth-order valence-corrected chi connectivity index (χ4v) is 7.75. The van der Waals surface area contributed by atoms with Crippen LogP contribution in [0.4, 0.5) is 0 Å². The molecule has 1 saturated carbocycles. The number of unbranched alkanes of at least 4 members (excludes halogenated alkanes) is 15. The van der Waals surface area contributed by atoms with E-state index in [2.05, 4.69) is 38.2 Å². The van der Waals surface area contributed by atoms with E-state index in [0.29, 0.717) is 32.1 Å². The van der Waals surface area contributed by atoms with Crippen molar-refractivity contribution in [2.45, 2.75) is 193 Å². The Hall–Kier alpha value is -2.18. The molecule has 12 nitrogen and oxygen atoms in total. The number of phosphoric ester groups is 1. The maximum Gasteiger partial charge on any atom is 0.472 e. The lowest BCUT2D eigenvalue weighted by molar-refractivity contribution is -0.161. The zero-order valence-corrected chi connectivity index (χ0v) is 36.9. The van der Waals surface area contributed by atoms with Crippen LogP contribution in [0.2, 0.25) is 0 Å². The molecule has 0 aromatic rings. The van der Waals surface area contributed by atoms with Crippen LogP contribution in [0.3, 0.4) is 0 Å². The summed E-state index contributed by atoms with van der Waals surface area (Å²) in [5.74, 6) is -1.59. The van der Waals surface area contributed by atoms with E-state index in [9.17, 15) is 34.1 Å². The molecule has 0 saturated heterocycles. The monoisotopic (exact) mass is 842 g/mol. The number of rotatable bonds is 38. The third-order valence-electron chi connectivity index (χ3n) is 10.4. The van der Waals surface area contributed by atoms with Gasteiger partial charge in [0.1, 0.15) is 12.4 Å².